The van der Waals surface area contributed by atoms with Crippen molar-refractivity contribution in [1.82, 2.24) is 14.1 Å². The maximum Gasteiger partial charge on any atom is 0.271 e. The number of likely N-dealkylation sites (tertiary alicyclic amines) is 1. The molecule has 1 amide bonds. The predicted molar refractivity (Wildman–Crippen MR) is 113 cm³/mol. The molecule has 9 nitrogen and oxygen atoms in total. The maximum atomic E-state index is 13.2. The van der Waals surface area contributed by atoms with Crippen molar-refractivity contribution >= 4 is 21.6 Å². The second-order valence-electron chi connectivity index (χ2n) is 8.26. The molecule has 10 heteroatoms. The van der Waals surface area contributed by atoms with Crippen LogP contribution in [0.2, 0.25) is 0 Å². The van der Waals surface area contributed by atoms with Gasteiger partial charge in [0.25, 0.3) is 5.69 Å². The molecule has 3 rings (SSSR count). The third kappa shape index (κ3) is 4.65. The lowest BCUT2D eigenvalue weighted by atomic mass is 10.0. The fraction of sp³-hybridized carbons (Fsp3) is 0.650. The van der Waals surface area contributed by atoms with E-state index in [1.165, 1.54) is 10.4 Å². The molecule has 2 heterocycles. The van der Waals surface area contributed by atoms with Crippen LogP contribution in [-0.2, 0) is 14.8 Å². The molecular weight excluding hydrogens is 408 g/mol. The average molecular weight is 439 g/mol. The number of nitro groups is 1. The summed E-state index contributed by atoms with van der Waals surface area (Å²) in [6, 6.07) is 2.79. The van der Waals surface area contributed by atoms with E-state index in [1.807, 2.05) is 9.80 Å². The first-order valence-corrected chi connectivity index (χ1v) is 11.8. The Kier molecular flexibility index (Phi) is 6.78. The van der Waals surface area contributed by atoms with Crippen molar-refractivity contribution in [3.8, 4) is 0 Å². The molecule has 0 aliphatic carbocycles. The highest BCUT2D eigenvalue weighted by molar-refractivity contribution is 7.89. The van der Waals surface area contributed by atoms with Gasteiger partial charge in [-0.15, -0.1) is 0 Å². The van der Waals surface area contributed by atoms with Crippen molar-refractivity contribution in [2.24, 2.45) is 0 Å². The summed E-state index contributed by atoms with van der Waals surface area (Å²) < 4.78 is 27.7. The Morgan fingerprint density at radius 1 is 1.13 bits per heavy atom. The molecular formula is C20H30N4O5S. The van der Waals surface area contributed by atoms with Crippen molar-refractivity contribution in [2.45, 2.75) is 51.0 Å². The molecule has 0 radical (unpaired) electrons. The molecule has 0 saturated carbocycles. The minimum atomic E-state index is -3.85. The van der Waals surface area contributed by atoms with E-state index >= 15 is 0 Å². The lowest BCUT2D eigenvalue weighted by molar-refractivity contribution is -0.385. The number of amides is 1. The summed E-state index contributed by atoms with van der Waals surface area (Å²) in [5, 5.41) is 11.2. The van der Waals surface area contributed by atoms with Gasteiger partial charge in [0.2, 0.25) is 15.9 Å². The summed E-state index contributed by atoms with van der Waals surface area (Å²) in [7, 11) is -3.85. The molecule has 1 atom stereocenters. The Bertz CT molecular complexity index is 925. The number of non-ortho nitro benzene ring substituents is 1. The van der Waals surface area contributed by atoms with Crippen LogP contribution in [0.3, 0.4) is 0 Å². The number of sulfonamides is 1. The van der Waals surface area contributed by atoms with E-state index in [9.17, 15) is 23.3 Å². The van der Waals surface area contributed by atoms with E-state index < -0.39 is 14.9 Å². The van der Waals surface area contributed by atoms with Gasteiger partial charge in [0, 0.05) is 50.9 Å². The van der Waals surface area contributed by atoms with Crippen molar-refractivity contribution in [3.05, 3.63) is 33.4 Å². The van der Waals surface area contributed by atoms with Crippen LogP contribution in [0.5, 0.6) is 0 Å². The van der Waals surface area contributed by atoms with Crippen molar-refractivity contribution < 1.29 is 18.1 Å². The van der Waals surface area contributed by atoms with Gasteiger partial charge in [-0.1, -0.05) is 0 Å². The van der Waals surface area contributed by atoms with Gasteiger partial charge in [-0.3, -0.25) is 19.8 Å². The van der Waals surface area contributed by atoms with Gasteiger partial charge in [-0.25, -0.2) is 8.42 Å². The second kappa shape index (κ2) is 8.99. The lowest BCUT2D eigenvalue weighted by Crippen LogP contribution is -2.53. The number of aryl methyl sites for hydroxylation is 1. The molecule has 1 aromatic carbocycles. The Labute approximate surface area is 177 Å². The first kappa shape index (κ1) is 22.6. The van der Waals surface area contributed by atoms with Gasteiger partial charge < -0.3 is 4.90 Å². The summed E-state index contributed by atoms with van der Waals surface area (Å²) in [4.78, 5) is 27.2. The predicted octanol–water partition coefficient (Wildman–Crippen LogP) is 1.92. The van der Waals surface area contributed by atoms with E-state index in [0.29, 0.717) is 30.8 Å². The number of nitro benzene ring substituents is 1. The fourth-order valence-electron chi connectivity index (χ4n) is 4.20. The van der Waals surface area contributed by atoms with Crippen molar-refractivity contribution in [2.75, 3.05) is 39.3 Å². The number of rotatable bonds is 5. The fourth-order valence-corrected chi connectivity index (χ4v) is 5.94. The first-order chi connectivity index (χ1) is 14.1. The van der Waals surface area contributed by atoms with Crippen molar-refractivity contribution in [3.63, 3.8) is 0 Å². The number of piperazine rings is 1. The van der Waals surface area contributed by atoms with Crippen LogP contribution < -0.4 is 0 Å². The largest absolute Gasteiger partial charge is 0.339 e. The summed E-state index contributed by atoms with van der Waals surface area (Å²) in [5.74, 6) is 0.101. The van der Waals surface area contributed by atoms with Crippen LogP contribution >= 0.6 is 0 Å². The van der Waals surface area contributed by atoms with Crippen LogP contribution in [0, 0.1) is 24.0 Å². The highest BCUT2D eigenvalue weighted by Gasteiger charge is 2.33. The van der Waals surface area contributed by atoms with Gasteiger partial charge in [-0.05, 0) is 51.2 Å². The molecule has 0 unspecified atom stereocenters. The molecule has 1 aromatic rings. The number of hydrogen-bond acceptors (Lipinski definition) is 6. The molecule has 0 bridgehead atoms. The molecule has 30 heavy (non-hydrogen) atoms. The number of nitrogens with zero attached hydrogens (tertiary/aromatic N) is 4. The Morgan fingerprint density at radius 3 is 2.40 bits per heavy atom. The molecule has 2 aliphatic heterocycles. The minimum Gasteiger partial charge on any atom is -0.339 e. The minimum absolute atomic E-state index is 0.0131. The molecule has 2 aliphatic rings. The molecule has 0 N–H and O–H groups in total. The van der Waals surface area contributed by atoms with Crippen LogP contribution in [-0.4, -0.2) is 78.7 Å². The van der Waals surface area contributed by atoms with Gasteiger partial charge in [0.15, 0.2) is 0 Å². The monoisotopic (exact) mass is 438 g/mol. The Balaban J connectivity index is 1.67. The summed E-state index contributed by atoms with van der Waals surface area (Å²) in [6.07, 6.45) is 3.21. The first-order valence-electron chi connectivity index (χ1n) is 10.4. The van der Waals surface area contributed by atoms with E-state index in [2.05, 4.69) is 6.92 Å². The van der Waals surface area contributed by atoms with Crippen LogP contribution in [0.1, 0.15) is 37.3 Å². The van der Waals surface area contributed by atoms with E-state index in [1.54, 1.807) is 13.8 Å². The smallest absolute Gasteiger partial charge is 0.271 e. The quantitative estimate of drug-likeness (QED) is 0.514. The zero-order chi connectivity index (χ0) is 22.1. The number of carbonyl (C=O) groups excluding carboxylic acids is 1. The highest BCUT2D eigenvalue weighted by Crippen LogP contribution is 2.28. The SMILES string of the molecule is Cc1cc([N+](=O)[O-])cc(S(=O)(=O)N2CCN(CC(=O)N3CCCC[C@@H]3C)CC2)c1C. The van der Waals surface area contributed by atoms with Crippen molar-refractivity contribution in [1.29, 1.82) is 0 Å². The molecule has 0 aromatic heterocycles. The molecule has 2 saturated heterocycles. The Morgan fingerprint density at radius 2 is 1.80 bits per heavy atom. The van der Waals surface area contributed by atoms with Crippen LogP contribution in [0.25, 0.3) is 0 Å². The third-order valence-electron chi connectivity index (χ3n) is 6.25. The molecule has 0 spiro atoms. The zero-order valence-corrected chi connectivity index (χ0v) is 18.7. The summed E-state index contributed by atoms with van der Waals surface area (Å²) >= 11 is 0. The number of piperidine rings is 1. The standard InChI is InChI=1S/C20H30N4O5S/c1-15-12-18(24(26)27)13-19(17(15)3)30(28,29)22-10-8-21(9-11-22)14-20(25)23-7-5-4-6-16(23)2/h12-13,16H,4-11,14H2,1-3H3/t16-/m0/s1. The normalized spacial score (nSPS) is 21.6. The van der Waals surface area contributed by atoms with Gasteiger partial charge in [-0.2, -0.15) is 4.31 Å². The van der Waals surface area contributed by atoms with E-state index in [-0.39, 0.29) is 35.6 Å². The highest BCUT2D eigenvalue weighted by atomic mass is 32.2. The van der Waals surface area contributed by atoms with E-state index in [4.69, 9.17) is 0 Å². The third-order valence-corrected chi connectivity index (χ3v) is 8.27. The summed E-state index contributed by atoms with van der Waals surface area (Å²) in [5.41, 5.74) is 0.872. The number of hydrogen-bond donors (Lipinski definition) is 0. The van der Waals surface area contributed by atoms with Gasteiger partial charge >= 0.3 is 0 Å². The zero-order valence-electron chi connectivity index (χ0n) is 17.8. The summed E-state index contributed by atoms with van der Waals surface area (Å²) in [6.45, 7) is 7.93. The topological polar surface area (TPSA) is 104 Å². The average Bonchev–Trinajstić information content (AvgIpc) is 2.70. The molecule has 166 valence electrons. The number of carbonyl (C=O) groups is 1. The number of benzene rings is 1. The molecule has 2 fully saturated rings. The lowest BCUT2D eigenvalue weighted by Gasteiger charge is -2.37. The van der Waals surface area contributed by atoms with Gasteiger partial charge in [0.05, 0.1) is 16.4 Å². The van der Waals surface area contributed by atoms with Gasteiger partial charge in [0.1, 0.15) is 0 Å². The Hall–Kier alpha value is -2.04. The van der Waals surface area contributed by atoms with Crippen LogP contribution in [0.15, 0.2) is 17.0 Å². The maximum absolute atomic E-state index is 13.2. The van der Waals surface area contributed by atoms with Crippen LogP contribution in [0.4, 0.5) is 5.69 Å². The van der Waals surface area contributed by atoms with E-state index in [0.717, 1.165) is 31.9 Å². The second-order valence-corrected chi connectivity index (χ2v) is 10.2.